The number of Topliss-reactive ketones (excluding diaryl/α,β-unsaturated/α-hetero) is 1. The predicted molar refractivity (Wildman–Crippen MR) is 90.6 cm³/mol. The summed E-state index contributed by atoms with van der Waals surface area (Å²) in [5.74, 6) is 2.75. The first kappa shape index (κ1) is 14.5. The van der Waals surface area contributed by atoms with E-state index in [2.05, 4.69) is 28.8 Å². The van der Waals surface area contributed by atoms with Crippen molar-refractivity contribution in [3.05, 3.63) is 34.7 Å². The zero-order valence-corrected chi connectivity index (χ0v) is 13.7. The minimum absolute atomic E-state index is 0.0627. The van der Waals surface area contributed by atoms with E-state index in [0.717, 1.165) is 42.0 Å². The average Bonchev–Trinajstić information content (AvgIpc) is 3.33. The lowest BCUT2D eigenvalue weighted by Gasteiger charge is -2.37. The second-order valence-corrected chi connectivity index (χ2v) is 7.14. The van der Waals surface area contributed by atoms with E-state index in [9.17, 15) is 4.79 Å². The van der Waals surface area contributed by atoms with Crippen molar-refractivity contribution in [1.29, 1.82) is 0 Å². The number of carbonyl (C=O) groups is 1. The maximum atomic E-state index is 12.5. The molecule has 0 N–H and O–H groups in total. The molecule has 2 aliphatic carbocycles. The maximum Gasteiger partial charge on any atom is 0.177 e. The number of nitrogens with zero attached hydrogens (tertiary/aromatic N) is 2. The number of carbonyl (C=O) groups excluding carboxylic acids is 1. The monoisotopic (exact) mass is 306 g/mol. The van der Waals surface area contributed by atoms with E-state index in [1.807, 2.05) is 6.20 Å². The molecule has 2 fully saturated rings. The van der Waals surface area contributed by atoms with Gasteiger partial charge in [-0.1, -0.05) is 12.8 Å². The normalized spacial score (nSPS) is 22.1. The first-order valence-corrected chi connectivity index (χ1v) is 8.63. The molecule has 3 heteroatoms. The number of aryl methyl sites for hydroxylation is 1. The van der Waals surface area contributed by atoms with Crippen LogP contribution in [0.2, 0.25) is 0 Å². The van der Waals surface area contributed by atoms with Gasteiger partial charge >= 0.3 is 0 Å². The van der Waals surface area contributed by atoms with Gasteiger partial charge in [-0.25, -0.2) is 0 Å². The van der Waals surface area contributed by atoms with Gasteiger partial charge in [0.1, 0.15) is 0 Å². The van der Waals surface area contributed by atoms with E-state index in [-0.39, 0.29) is 5.78 Å². The summed E-state index contributed by atoms with van der Waals surface area (Å²) in [6, 6.07) is 2.13. The molecule has 1 saturated heterocycles. The van der Waals surface area contributed by atoms with E-state index in [1.165, 1.54) is 25.7 Å². The highest BCUT2D eigenvalue weighted by atomic mass is 16.1. The number of aromatic nitrogens is 1. The van der Waals surface area contributed by atoms with Crippen LogP contribution in [0.4, 0.5) is 0 Å². The summed E-state index contributed by atoms with van der Waals surface area (Å²) in [6.45, 7) is 4.12. The van der Waals surface area contributed by atoms with Gasteiger partial charge in [-0.05, 0) is 49.1 Å². The molecule has 0 amide bonds. The van der Waals surface area contributed by atoms with Crippen molar-refractivity contribution < 1.29 is 4.79 Å². The Balaban J connectivity index is 1.77. The molecule has 0 unspecified atom stereocenters. The Bertz CT molecular complexity index is 739. The van der Waals surface area contributed by atoms with E-state index < -0.39 is 0 Å². The standard InChI is InChI=1S/C20H22N2O/c1-3-15-12-17-14(13-21-15)11-18(23)16(4-2)19(17)22-9-7-20(5-6-20)8-10-22/h2,12-13H,3,5-11H2,1H3. The van der Waals surface area contributed by atoms with Crippen LogP contribution in [0.3, 0.4) is 0 Å². The molecule has 0 bridgehead atoms. The van der Waals surface area contributed by atoms with Gasteiger partial charge in [0, 0.05) is 37.0 Å². The fourth-order valence-corrected chi connectivity index (χ4v) is 3.97. The number of allylic oxidation sites excluding steroid dienone is 1. The molecule has 118 valence electrons. The minimum atomic E-state index is 0.0627. The third kappa shape index (κ3) is 2.37. The molecule has 23 heavy (non-hydrogen) atoms. The molecule has 3 nitrogen and oxygen atoms in total. The highest BCUT2D eigenvalue weighted by molar-refractivity contribution is 6.10. The van der Waals surface area contributed by atoms with Crippen molar-refractivity contribution in [2.45, 2.75) is 45.4 Å². The molecular formula is C20H22N2O. The summed E-state index contributed by atoms with van der Waals surface area (Å²) < 4.78 is 0. The first-order valence-electron chi connectivity index (χ1n) is 8.63. The highest BCUT2D eigenvalue weighted by Crippen LogP contribution is 2.54. The smallest absolute Gasteiger partial charge is 0.177 e. The average molecular weight is 306 g/mol. The Morgan fingerprint density at radius 3 is 2.65 bits per heavy atom. The third-order valence-corrected chi connectivity index (χ3v) is 5.77. The van der Waals surface area contributed by atoms with Crippen LogP contribution < -0.4 is 0 Å². The van der Waals surface area contributed by atoms with Crippen LogP contribution in [0.25, 0.3) is 5.70 Å². The number of ketones is 1. The van der Waals surface area contributed by atoms with Gasteiger partial charge < -0.3 is 4.90 Å². The molecule has 0 radical (unpaired) electrons. The van der Waals surface area contributed by atoms with Crippen molar-refractivity contribution >= 4 is 11.5 Å². The number of hydrogen-bond donors (Lipinski definition) is 0. The van der Waals surface area contributed by atoms with Crippen LogP contribution in [-0.4, -0.2) is 28.8 Å². The third-order valence-electron chi connectivity index (χ3n) is 5.77. The van der Waals surface area contributed by atoms with Gasteiger partial charge in [-0.3, -0.25) is 9.78 Å². The van der Waals surface area contributed by atoms with Crippen LogP contribution >= 0.6 is 0 Å². The van der Waals surface area contributed by atoms with Crippen LogP contribution in [-0.2, 0) is 17.6 Å². The second kappa shape index (κ2) is 5.23. The maximum absolute atomic E-state index is 12.5. The zero-order chi connectivity index (χ0) is 16.0. The number of piperidine rings is 1. The lowest BCUT2D eigenvalue weighted by atomic mass is 9.86. The van der Waals surface area contributed by atoms with Gasteiger partial charge in [0.15, 0.2) is 5.78 Å². The van der Waals surface area contributed by atoms with E-state index >= 15 is 0 Å². The highest BCUT2D eigenvalue weighted by Gasteiger charge is 2.45. The van der Waals surface area contributed by atoms with Gasteiger partial charge in [-0.15, -0.1) is 6.42 Å². The SMILES string of the molecule is C#CC1=C(N2CCC3(CC2)CC3)c2cc(CC)ncc2CC1=O. The fourth-order valence-electron chi connectivity index (χ4n) is 3.97. The molecular weight excluding hydrogens is 284 g/mol. The summed E-state index contributed by atoms with van der Waals surface area (Å²) in [5, 5.41) is 0. The summed E-state index contributed by atoms with van der Waals surface area (Å²) in [4.78, 5) is 19.3. The lowest BCUT2D eigenvalue weighted by Crippen LogP contribution is -2.36. The van der Waals surface area contributed by atoms with E-state index in [4.69, 9.17) is 6.42 Å². The quantitative estimate of drug-likeness (QED) is 0.788. The first-order chi connectivity index (χ1) is 11.2. The molecule has 1 aromatic heterocycles. The summed E-state index contributed by atoms with van der Waals surface area (Å²) in [5.41, 5.74) is 5.39. The van der Waals surface area contributed by atoms with Crippen LogP contribution in [0.5, 0.6) is 0 Å². The topological polar surface area (TPSA) is 33.2 Å². The molecule has 1 spiro atoms. The fraction of sp³-hybridized carbons (Fsp3) is 0.500. The number of likely N-dealkylation sites (tertiary alicyclic amines) is 1. The molecule has 1 aliphatic heterocycles. The van der Waals surface area contributed by atoms with Crippen molar-refractivity contribution in [2.24, 2.45) is 5.41 Å². The Morgan fingerprint density at radius 1 is 1.30 bits per heavy atom. The van der Waals surface area contributed by atoms with Crippen LogP contribution in [0, 0.1) is 17.8 Å². The number of hydrogen-bond acceptors (Lipinski definition) is 3. The molecule has 2 heterocycles. The summed E-state index contributed by atoms with van der Waals surface area (Å²) in [6.07, 6.45) is 14.1. The summed E-state index contributed by atoms with van der Waals surface area (Å²) in [7, 11) is 0. The predicted octanol–water partition coefficient (Wildman–Crippen LogP) is 2.99. The van der Waals surface area contributed by atoms with Gasteiger partial charge in [0.05, 0.1) is 11.3 Å². The number of pyridine rings is 1. The lowest BCUT2D eigenvalue weighted by molar-refractivity contribution is -0.114. The van der Waals surface area contributed by atoms with Crippen LogP contribution in [0.15, 0.2) is 17.8 Å². The molecule has 1 aromatic rings. The second-order valence-electron chi connectivity index (χ2n) is 7.14. The minimum Gasteiger partial charge on any atom is -0.370 e. The zero-order valence-electron chi connectivity index (χ0n) is 13.7. The van der Waals surface area contributed by atoms with Crippen molar-refractivity contribution in [1.82, 2.24) is 9.88 Å². The van der Waals surface area contributed by atoms with Crippen molar-refractivity contribution in [3.63, 3.8) is 0 Å². The number of terminal acetylenes is 1. The number of rotatable bonds is 2. The van der Waals surface area contributed by atoms with Crippen molar-refractivity contribution in [2.75, 3.05) is 13.1 Å². The number of fused-ring (bicyclic) bond motifs is 1. The molecule has 0 aromatic carbocycles. The summed E-state index contributed by atoms with van der Waals surface area (Å²) >= 11 is 0. The Morgan fingerprint density at radius 2 is 2.04 bits per heavy atom. The largest absolute Gasteiger partial charge is 0.370 e. The Kier molecular flexibility index (Phi) is 3.30. The molecule has 1 saturated carbocycles. The van der Waals surface area contributed by atoms with Gasteiger partial charge in [-0.2, -0.15) is 0 Å². The molecule has 4 rings (SSSR count). The molecule has 0 atom stereocenters. The van der Waals surface area contributed by atoms with Gasteiger partial charge in [0.25, 0.3) is 0 Å². The Hall–Kier alpha value is -2.08. The van der Waals surface area contributed by atoms with Crippen molar-refractivity contribution in [3.8, 4) is 12.3 Å². The molecule has 3 aliphatic rings. The Labute approximate surface area is 137 Å². The van der Waals surface area contributed by atoms with E-state index in [1.54, 1.807) is 0 Å². The van der Waals surface area contributed by atoms with Crippen LogP contribution in [0.1, 0.15) is 49.4 Å². The van der Waals surface area contributed by atoms with E-state index in [0.29, 0.717) is 17.4 Å². The van der Waals surface area contributed by atoms with Gasteiger partial charge in [0.2, 0.25) is 0 Å².